The molecule has 23 heavy (non-hydrogen) atoms. The first-order valence-corrected chi connectivity index (χ1v) is 8.26. The molecule has 1 aromatic carbocycles. The van der Waals surface area contributed by atoms with Gasteiger partial charge in [-0.3, -0.25) is 9.59 Å². The number of aliphatic carboxylic acids is 1. The van der Waals surface area contributed by atoms with E-state index >= 15 is 0 Å². The Morgan fingerprint density at radius 1 is 1.09 bits per heavy atom. The molecule has 1 rings (SSSR count). The third kappa shape index (κ3) is 6.32. The zero-order valence-corrected chi connectivity index (χ0v) is 14.5. The number of amides is 2. The average Bonchev–Trinajstić information content (AvgIpc) is 2.42. The predicted molar refractivity (Wildman–Crippen MR) is 91.7 cm³/mol. The standard InChI is InChI=1S/C16H22N2O4S/c1-10-5-6-12(7-11(10)2)17-13(19)8-23-9-14(20)18-16(3,4)15(21)22/h5-7H,8-9H2,1-4H3,(H,17,19)(H,18,20)(H,21,22). The molecular formula is C16H22N2O4S. The van der Waals surface area contributed by atoms with Crippen LogP contribution in [-0.4, -0.2) is 39.9 Å². The highest BCUT2D eigenvalue weighted by atomic mass is 32.2. The number of rotatable bonds is 7. The van der Waals surface area contributed by atoms with Gasteiger partial charge in [0, 0.05) is 5.69 Å². The van der Waals surface area contributed by atoms with Gasteiger partial charge in [-0.2, -0.15) is 0 Å². The molecule has 0 bridgehead atoms. The first-order valence-electron chi connectivity index (χ1n) is 7.11. The van der Waals surface area contributed by atoms with Crippen LogP contribution in [-0.2, 0) is 14.4 Å². The van der Waals surface area contributed by atoms with Crippen LogP contribution in [0.2, 0.25) is 0 Å². The number of aryl methyl sites for hydroxylation is 2. The summed E-state index contributed by atoms with van der Waals surface area (Å²) >= 11 is 1.13. The Balaban J connectivity index is 2.38. The minimum Gasteiger partial charge on any atom is -0.480 e. The van der Waals surface area contributed by atoms with Crippen LogP contribution in [0.3, 0.4) is 0 Å². The first-order chi connectivity index (χ1) is 10.6. The molecule has 0 saturated heterocycles. The van der Waals surface area contributed by atoms with Crippen molar-refractivity contribution in [1.29, 1.82) is 0 Å². The fourth-order valence-corrected chi connectivity index (χ4v) is 2.31. The molecule has 6 nitrogen and oxygen atoms in total. The van der Waals surface area contributed by atoms with Crippen molar-refractivity contribution in [2.75, 3.05) is 16.8 Å². The highest BCUT2D eigenvalue weighted by molar-refractivity contribution is 8.00. The molecule has 0 aliphatic carbocycles. The molecule has 0 aliphatic heterocycles. The summed E-state index contributed by atoms with van der Waals surface area (Å²) in [4.78, 5) is 34.4. The van der Waals surface area contributed by atoms with Crippen molar-refractivity contribution in [3.8, 4) is 0 Å². The van der Waals surface area contributed by atoms with E-state index in [0.29, 0.717) is 0 Å². The number of carboxylic acids is 1. The molecule has 0 fully saturated rings. The monoisotopic (exact) mass is 338 g/mol. The van der Waals surface area contributed by atoms with Crippen molar-refractivity contribution < 1.29 is 19.5 Å². The Bertz CT molecular complexity index is 614. The summed E-state index contributed by atoms with van der Waals surface area (Å²) in [5.74, 6) is -1.58. The molecule has 0 unspecified atom stereocenters. The minimum absolute atomic E-state index is 0.0249. The zero-order chi connectivity index (χ0) is 17.6. The van der Waals surface area contributed by atoms with Gasteiger partial charge in [-0.1, -0.05) is 6.07 Å². The Hall–Kier alpha value is -2.02. The zero-order valence-electron chi connectivity index (χ0n) is 13.7. The molecule has 0 heterocycles. The van der Waals surface area contributed by atoms with E-state index in [-0.39, 0.29) is 17.4 Å². The van der Waals surface area contributed by atoms with E-state index in [1.54, 1.807) is 0 Å². The van der Waals surface area contributed by atoms with Crippen LogP contribution in [0, 0.1) is 13.8 Å². The molecule has 0 spiro atoms. The van der Waals surface area contributed by atoms with Gasteiger partial charge < -0.3 is 15.7 Å². The van der Waals surface area contributed by atoms with Gasteiger partial charge in [0.2, 0.25) is 11.8 Å². The number of carboxylic acid groups (broad SMARTS) is 1. The van der Waals surface area contributed by atoms with E-state index in [4.69, 9.17) is 5.11 Å². The lowest BCUT2D eigenvalue weighted by atomic mass is 10.1. The van der Waals surface area contributed by atoms with Crippen LogP contribution in [0.5, 0.6) is 0 Å². The number of benzene rings is 1. The van der Waals surface area contributed by atoms with Crippen LogP contribution in [0.15, 0.2) is 18.2 Å². The number of nitrogens with one attached hydrogen (secondary N) is 2. The van der Waals surface area contributed by atoms with Gasteiger partial charge in [-0.15, -0.1) is 11.8 Å². The molecule has 0 saturated carbocycles. The summed E-state index contributed by atoms with van der Waals surface area (Å²) in [7, 11) is 0. The van der Waals surface area contributed by atoms with E-state index in [1.807, 2.05) is 32.0 Å². The quantitative estimate of drug-likeness (QED) is 0.706. The smallest absolute Gasteiger partial charge is 0.328 e. The van der Waals surface area contributed by atoms with Gasteiger partial charge in [0.25, 0.3) is 0 Å². The van der Waals surface area contributed by atoms with Gasteiger partial charge in [0.1, 0.15) is 5.54 Å². The summed E-state index contributed by atoms with van der Waals surface area (Å²) in [6.45, 7) is 6.77. The largest absolute Gasteiger partial charge is 0.480 e. The number of carbonyl (C=O) groups is 3. The molecule has 7 heteroatoms. The fourth-order valence-electron chi connectivity index (χ4n) is 1.69. The van der Waals surface area contributed by atoms with Crippen molar-refractivity contribution in [3.63, 3.8) is 0 Å². The molecule has 1 aromatic rings. The van der Waals surface area contributed by atoms with Crippen LogP contribution in [0.25, 0.3) is 0 Å². The molecule has 2 amide bonds. The van der Waals surface area contributed by atoms with Crippen molar-refractivity contribution >= 4 is 35.2 Å². The second-order valence-corrected chi connectivity index (χ2v) is 6.80. The lowest BCUT2D eigenvalue weighted by molar-refractivity contribution is -0.145. The lowest BCUT2D eigenvalue weighted by Gasteiger charge is -2.20. The van der Waals surface area contributed by atoms with Crippen molar-refractivity contribution in [3.05, 3.63) is 29.3 Å². The predicted octanol–water partition coefficient (Wildman–Crippen LogP) is 1.95. The van der Waals surface area contributed by atoms with E-state index in [1.165, 1.54) is 13.8 Å². The molecule has 126 valence electrons. The maximum Gasteiger partial charge on any atom is 0.328 e. The SMILES string of the molecule is Cc1ccc(NC(=O)CSCC(=O)NC(C)(C)C(=O)O)cc1C. The van der Waals surface area contributed by atoms with Gasteiger partial charge in [0.15, 0.2) is 0 Å². The van der Waals surface area contributed by atoms with E-state index in [0.717, 1.165) is 28.6 Å². The highest BCUT2D eigenvalue weighted by Crippen LogP contribution is 2.14. The van der Waals surface area contributed by atoms with Gasteiger partial charge >= 0.3 is 5.97 Å². The molecular weight excluding hydrogens is 316 g/mol. The van der Waals surface area contributed by atoms with Crippen molar-refractivity contribution in [2.45, 2.75) is 33.2 Å². The Kier molecular flexibility index (Phi) is 6.62. The third-order valence-corrected chi connectivity index (χ3v) is 4.18. The van der Waals surface area contributed by atoms with E-state index in [9.17, 15) is 14.4 Å². The maximum atomic E-state index is 11.8. The highest BCUT2D eigenvalue weighted by Gasteiger charge is 2.28. The van der Waals surface area contributed by atoms with Gasteiger partial charge in [-0.25, -0.2) is 4.79 Å². The molecule has 3 N–H and O–H groups in total. The number of hydrogen-bond acceptors (Lipinski definition) is 4. The number of hydrogen-bond donors (Lipinski definition) is 3. The first kappa shape index (κ1) is 19.0. The maximum absolute atomic E-state index is 11.8. The summed E-state index contributed by atoms with van der Waals surface area (Å²) in [6, 6.07) is 5.65. The van der Waals surface area contributed by atoms with Crippen LogP contribution >= 0.6 is 11.8 Å². The molecule has 0 aliphatic rings. The normalized spacial score (nSPS) is 11.0. The second kappa shape index (κ2) is 8.01. The topological polar surface area (TPSA) is 95.5 Å². The molecule has 0 atom stereocenters. The number of thioether (sulfide) groups is 1. The van der Waals surface area contributed by atoms with Crippen molar-refractivity contribution in [2.24, 2.45) is 0 Å². The lowest BCUT2D eigenvalue weighted by Crippen LogP contribution is -2.50. The average molecular weight is 338 g/mol. The summed E-state index contributed by atoms with van der Waals surface area (Å²) in [6.07, 6.45) is 0. The second-order valence-electron chi connectivity index (χ2n) is 5.82. The Labute approximate surface area is 140 Å². The van der Waals surface area contributed by atoms with E-state index in [2.05, 4.69) is 10.6 Å². The van der Waals surface area contributed by atoms with Gasteiger partial charge in [-0.05, 0) is 51.0 Å². The van der Waals surface area contributed by atoms with Crippen LogP contribution in [0.4, 0.5) is 5.69 Å². The minimum atomic E-state index is -1.32. The number of anilines is 1. The Morgan fingerprint density at radius 3 is 2.26 bits per heavy atom. The van der Waals surface area contributed by atoms with Crippen molar-refractivity contribution in [1.82, 2.24) is 5.32 Å². The van der Waals surface area contributed by atoms with Gasteiger partial charge in [0.05, 0.1) is 11.5 Å². The summed E-state index contributed by atoms with van der Waals surface area (Å²) < 4.78 is 0. The van der Waals surface area contributed by atoms with Crippen LogP contribution in [0.1, 0.15) is 25.0 Å². The third-order valence-electron chi connectivity index (χ3n) is 3.24. The van der Waals surface area contributed by atoms with E-state index < -0.39 is 17.4 Å². The summed E-state index contributed by atoms with van der Waals surface area (Å²) in [5.41, 5.74) is 1.63. The fraction of sp³-hybridized carbons (Fsp3) is 0.438. The molecule has 0 radical (unpaired) electrons. The molecule has 0 aromatic heterocycles. The Morgan fingerprint density at radius 2 is 1.70 bits per heavy atom. The number of carbonyl (C=O) groups excluding carboxylic acids is 2. The summed E-state index contributed by atoms with van der Waals surface area (Å²) in [5, 5.41) is 14.1. The van der Waals surface area contributed by atoms with Crippen LogP contribution < -0.4 is 10.6 Å².